The van der Waals surface area contributed by atoms with Gasteiger partial charge in [0.1, 0.15) is 5.69 Å². The average Bonchev–Trinajstić information content (AvgIpc) is 3.21. The smallest absolute Gasteiger partial charge is 0.296 e. The molecule has 1 aliphatic carbocycles. The van der Waals surface area contributed by atoms with Crippen LogP contribution >= 0.6 is 11.6 Å². The number of carbonyl (C=O) groups is 1. The molecule has 8 nitrogen and oxygen atoms in total. The van der Waals surface area contributed by atoms with E-state index in [4.69, 9.17) is 11.6 Å². The van der Waals surface area contributed by atoms with Crippen LogP contribution in [0.4, 0.5) is 5.69 Å². The van der Waals surface area contributed by atoms with Crippen LogP contribution in [0.3, 0.4) is 0 Å². The minimum Gasteiger partial charge on any atom is -0.334 e. The van der Waals surface area contributed by atoms with Gasteiger partial charge in [-0.15, -0.1) is 0 Å². The zero-order chi connectivity index (χ0) is 30.8. The number of anilines is 1. The van der Waals surface area contributed by atoms with E-state index in [2.05, 4.69) is 32.0 Å². The first kappa shape index (κ1) is 29.3. The van der Waals surface area contributed by atoms with Gasteiger partial charge in [-0.3, -0.25) is 18.6 Å². The number of aromatic nitrogens is 2. The molecule has 1 aromatic heterocycles. The van der Waals surface area contributed by atoms with Gasteiger partial charge in [0.05, 0.1) is 26.9 Å². The standard InChI is InChI=1S/C33H35ClN4O4S/c1-21-30(32(40)38(35(21)4)24-11-7-6-8-12-24)36(5)43(41,42)25-14-15-28(34)26(18-25)31(39)37-19-22-10-9-13-27-29(22)23(20-37)16-17-33(27,2)3/h6-15,18,23H,16-17,19-20H2,1-5H3. The maximum Gasteiger partial charge on any atom is 0.296 e. The van der Waals surface area contributed by atoms with Gasteiger partial charge >= 0.3 is 0 Å². The quantitative estimate of drug-likeness (QED) is 0.284. The molecule has 1 atom stereocenters. The summed E-state index contributed by atoms with van der Waals surface area (Å²) in [4.78, 5) is 29.1. The molecule has 4 aromatic rings. The van der Waals surface area contributed by atoms with Gasteiger partial charge < -0.3 is 4.90 Å². The topological polar surface area (TPSA) is 84.6 Å². The molecule has 43 heavy (non-hydrogen) atoms. The first-order valence-corrected chi connectivity index (χ1v) is 16.2. The van der Waals surface area contributed by atoms with E-state index >= 15 is 0 Å². The first-order chi connectivity index (χ1) is 20.3. The molecule has 0 spiro atoms. The van der Waals surface area contributed by atoms with Crippen LogP contribution in [0, 0.1) is 6.92 Å². The Balaban J connectivity index is 1.34. The van der Waals surface area contributed by atoms with Crippen molar-refractivity contribution >= 4 is 33.2 Å². The van der Waals surface area contributed by atoms with Gasteiger partial charge in [0, 0.05) is 33.1 Å². The summed E-state index contributed by atoms with van der Waals surface area (Å²) >= 11 is 6.53. The lowest BCUT2D eigenvalue weighted by Crippen LogP contribution is -2.42. The molecule has 0 N–H and O–H groups in total. The van der Waals surface area contributed by atoms with Crippen LogP contribution in [0.5, 0.6) is 0 Å². The van der Waals surface area contributed by atoms with Gasteiger partial charge in [0.15, 0.2) is 0 Å². The maximum absolute atomic E-state index is 13.9. The van der Waals surface area contributed by atoms with Gasteiger partial charge in [-0.25, -0.2) is 13.1 Å². The van der Waals surface area contributed by atoms with Crippen molar-refractivity contribution in [3.8, 4) is 5.69 Å². The number of sulfonamides is 1. The monoisotopic (exact) mass is 618 g/mol. The Morgan fingerprint density at radius 3 is 2.49 bits per heavy atom. The number of amides is 1. The van der Waals surface area contributed by atoms with Crippen molar-refractivity contribution in [3.05, 3.63) is 110 Å². The molecule has 2 heterocycles. The van der Waals surface area contributed by atoms with Crippen LogP contribution in [-0.4, -0.2) is 42.2 Å². The first-order valence-electron chi connectivity index (χ1n) is 14.4. The second-order valence-corrected chi connectivity index (χ2v) is 14.6. The Kier molecular flexibility index (Phi) is 7.09. The van der Waals surface area contributed by atoms with E-state index in [9.17, 15) is 18.0 Å². The molecular weight excluding hydrogens is 584 g/mol. The van der Waals surface area contributed by atoms with Crippen molar-refractivity contribution in [2.45, 2.75) is 56.4 Å². The Hall–Kier alpha value is -3.82. The van der Waals surface area contributed by atoms with E-state index in [-0.39, 0.29) is 38.4 Å². The lowest BCUT2D eigenvalue weighted by atomic mass is 9.66. The second-order valence-electron chi connectivity index (χ2n) is 12.2. The number of benzene rings is 3. The van der Waals surface area contributed by atoms with Crippen LogP contribution in [0.15, 0.2) is 76.4 Å². The number of nitrogens with zero attached hydrogens (tertiary/aromatic N) is 4. The van der Waals surface area contributed by atoms with E-state index in [0.717, 1.165) is 22.7 Å². The fourth-order valence-corrected chi connectivity index (χ4v) is 8.18. The van der Waals surface area contributed by atoms with Crippen molar-refractivity contribution in [2.75, 3.05) is 17.9 Å². The predicted molar refractivity (Wildman–Crippen MR) is 169 cm³/mol. The zero-order valence-corrected chi connectivity index (χ0v) is 26.5. The third-order valence-electron chi connectivity index (χ3n) is 9.21. The molecule has 2 aliphatic rings. The summed E-state index contributed by atoms with van der Waals surface area (Å²) in [7, 11) is -1.16. The summed E-state index contributed by atoms with van der Waals surface area (Å²) in [6.45, 7) is 7.23. The lowest BCUT2D eigenvalue weighted by Gasteiger charge is -2.43. The molecule has 0 saturated heterocycles. The third-order valence-corrected chi connectivity index (χ3v) is 11.3. The van der Waals surface area contributed by atoms with E-state index in [1.165, 1.54) is 41.1 Å². The van der Waals surface area contributed by atoms with Crippen molar-refractivity contribution in [1.82, 2.24) is 14.3 Å². The number of rotatable bonds is 5. The number of hydrogen-bond acceptors (Lipinski definition) is 4. The molecule has 1 unspecified atom stereocenters. The van der Waals surface area contributed by atoms with Crippen molar-refractivity contribution in [1.29, 1.82) is 0 Å². The molecule has 1 aliphatic heterocycles. The van der Waals surface area contributed by atoms with E-state index in [1.54, 1.807) is 35.7 Å². The maximum atomic E-state index is 13.9. The molecule has 0 bridgehead atoms. The highest BCUT2D eigenvalue weighted by atomic mass is 35.5. The summed E-state index contributed by atoms with van der Waals surface area (Å²) in [6.07, 6.45) is 2.01. The number of carbonyl (C=O) groups excluding carboxylic acids is 1. The lowest BCUT2D eigenvalue weighted by molar-refractivity contribution is 0.0708. The molecule has 1 amide bonds. The van der Waals surface area contributed by atoms with Gasteiger partial charge in [0.25, 0.3) is 21.5 Å². The molecule has 0 fully saturated rings. The van der Waals surface area contributed by atoms with E-state index in [0.29, 0.717) is 24.5 Å². The van der Waals surface area contributed by atoms with Crippen molar-refractivity contribution in [3.63, 3.8) is 0 Å². The molecular formula is C33H35ClN4O4S. The SMILES string of the molecule is Cc1c(N(C)S(=O)(=O)c2ccc(Cl)c(C(=O)N3Cc4cccc5c4C(CCC5(C)C)C3)c2)c(=O)n(-c2ccccc2)n1C. The highest BCUT2D eigenvalue weighted by molar-refractivity contribution is 7.92. The van der Waals surface area contributed by atoms with Crippen LogP contribution in [-0.2, 0) is 29.0 Å². The molecule has 224 valence electrons. The molecule has 10 heteroatoms. The fraction of sp³-hybridized carbons (Fsp3) is 0.333. The van der Waals surface area contributed by atoms with Crippen LogP contribution in [0.25, 0.3) is 5.69 Å². The normalized spacial score (nSPS) is 17.4. The van der Waals surface area contributed by atoms with Crippen LogP contribution in [0.1, 0.15) is 65.3 Å². The molecule has 0 saturated carbocycles. The van der Waals surface area contributed by atoms with Gasteiger partial charge in [-0.1, -0.05) is 61.8 Å². The Morgan fingerprint density at radius 1 is 1.05 bits per heavy atom. The minimum absolute atomic E-state index is 0.0258. The summed E-state index contributed by atoms with van der Waals surface area (Å²) < 4.78 is 31.9. The van der Waals surface area contributed by atoms with Crippen LogP contribution in [0.2, 0.25) is 5.02 Å². The van der Waals surface area contributed by atoms with Gasteiger partial charge in [-0.2, -0.15) is 0 Å². The number of hydrogen-bond donors (Lipinski definition) is 0. The third kappa shape index (κ3) is 4.69. The minimum atomic E-state index is -4.22. The van der Waals surface area contributed by atoms with E-state index < -0.39 is 15.6 Å². The summed E-state index contributed by atoms with van der Waals surface area (Å²) in [5.41, 5.74) is 4.70. The fourth-order valence-electron chi connectivity index (χ4n) is 6.70. The van der Waals surface area contributed by atoms with Crippen molar-refractivity contribution < 1.29 is 13.2 Å². The summed E-state index contributed by atoms with van der Waals surface area (Å²) in [6, 6.07) is 19.5. The largest absolute Gasteiger partial charge is 0.334 e. The van der Waals surface area contributed by atoms with Gasteiger partial charge in [-0.05, 0) is 72.2 Å². The Morgan fingerprint density at radius 2 is 1.77 bits per heavy atom. The zero-order valence-electron chi connectivity index (χ0n) is 25.0. The predicted octanol–water partition coefficient (Wildman–Crippen LogP) is 5.77. The highest BCUT2D eigenvalue weighted by Gasteiger charge is 2.39. The Bertz CT molecular complexity index is 1930. The van der Waals surface area contributed by atoms with Crippen LogP contribution < -0.4 is 9.86 Å². The molecule has 3 aromatic carbocycles. The number of halogens is 1. The Labute approximate surface area is 257 Å². The highest BCUT2D eigenvalue weighted by Crippen LogP contribution is 2.46. The van der Waals surface area contributed by atoms with E-state index in [1.807, 2.05) is 18.2 Å². The number of para-hydroxylation sites is 1. The molecule has 0 radical (unpaired) electrons. The second kappa shape index (κ2) is 10.4. The molecule has 6 rings (SSSR count). The van der Waals surface area contributed by atoms with Crippen molar-refractivity contribution in [2.24, 2.45) is 7.05 Å². The summed E-state index contributed by atoms with van der Waals surface area (Å²) in [5, 5.41) is 0.179. The average molecular weight is 619 g/mol. The summed E-state index contributed by atoms with van der Waals surface area (Å²) in [5.74, 6) is -0.0884. The van der Waals surface area contributed by atoms with Gasteiger partial charge in [0.2, 0.25) is 0 Å².